The number of halogens is 3. The highest BCUT2D eigenvalue weighted by Gasteiger charge is 2.13. The van der Waals surface area contributed by atoms with Crippen LogP contribution in [0.5, 0.6) is 17.2 Å². The smallest absolute Gasteiger partial charge is 0.208 e. The van der Waals surface area contributed by atoms with Gasteiger partial charge in [0.1, 0.15) is 11.5 Å². The van der Waals surface area contributed by atoms with Crippen molar-refractivity contribution in [2.75, 3.05) is 0 Å². The van der Waals surface area contributed by atoms with Gasteiger partial charge in [0.25, 0.3) is 0 Å². The van der Waals surface area contributed by atoms with Crippen LogP contribution in [0.2, 0.25) is 10.0 Å². The molecular formula is C37H45Cl2FN2O3. The van der Waals surface area contributed by atoms with Gasteiger partial charge in [0.15, 0.2) is 5.78 Å². The third-order valence-electron chi connectivity index (χ3n) is 5.81. The molecule has 0 fully saturated rings. The summed E-state index contributed by atoms with van der Waals surface area (Å²) >= 11 is 11.6. The zero-order valence-electron chi connectivity index (χ0n) is 27.4. The molecule has 0 unspecified atom stereocenters. The number of carbonyl (C=O) groups excluding carboxylic acids is 1. The van der Waals surface area contributed by atoms with E-state index in [1.807, 2.05) is 75.5 Å². The first-order chi connectivity index (χ1) is 21.6. The van der Waals surface area contributed by atoms with Crippen molar-refractivity contribution in [2.24, 2.45) is 9.98 Å². The summed E-state index contributed by atoms with van der Waals surface area (Å²) in [7, 11) is 0. The maximum atomic E-state index is 12.2. The Kier molecular flexibility index (Phi) is 22.2. The summed E-state index contributed by atoms with van der Waals surface area (Å²) in [6.07, 6.45) is 7.84. The lowest BCUT2D eigenvalue weighted by molar-refractivity contribution is -0.112. The molecule has 0 amide bonds. The van der Waals surface area contributed by atoms with E-state index >= 15 is 0 Å². The number of para-hydroxylation sites is 1. The summed E-state index contributed by atoms with van der Waals surface area (Å²) < 4.78 is 17.9. The Bertz CT molecular complexity index is 1390. The van der Waals surface area contributed by atoms with E-state index in [1.54, 1.807) is 20.1 Å². The van der Waals surface area contributed by atoms with Crippen molar-refractivity contribution in [2.45, 2.75) is 67.7 Å². The fourth-order valence-corrected chi connectivity index (χ4v) is 3.81. The predicted octanol–water partition coefficient (Wildman–Crippen LogP) is 12.3. The number of benzene rings is 3. The zero-order valence-corrected chi connectivity index (χ0v) is 28.9. The largest absolute Gasteiger partial charge is 0.457 e. The van der Waals surface area contributed by atoms with Crippen molar-refractivity contribution in [1.29, 1.82) is 0 Å². The molecule has 45 heavy (non-hydrogen) atoms. The maximum absolute atomic E-state index is 12.2. The van der Waals surface area contributed by atoms with Crippen molar-refractivity contribution >= 4 is 46.6 Å². The highest BCUT2D eigenvalue weighted by Crippen LogP contribution is 2.36. The van der Waals surface area contributed by atoms with Crippen LogP contribution in [0.1, 0.15) is 72.4 Å². The van der Waals surface area contributed by atoms with Crippen LogP contribution >= 0.6 is 23.2 Å². The van der Waals surface area contributed by atoms with E-state index in [0.29, 0.717) is 23.4 Å². The monoisotopic (exact) mass is 654 g/mol. The molecule has 0 N–H and O–H groups in total. The fourth-order valence-electron chi connectivity index (χ4n) is 3.26. The minimum absolute atomic E-state index is 0.000760. The highest BCUT2D eigenvalue weighted by atomic mass is 35.5. The van der Waals surface area contributed by atoms with Gasteiger partial charge in [-0.1, -0.05) is 107 Å². The Labute approximate surface area is 278 Å². The van der Waals surface area contributed by atoms with Crippen LogP contribution in [-0.4, -0.2) is 17.7 Å². The number of ether oxygens (including phenoxy) is 1. The van der Waals surface area contributed by atoms with Crippen LogP contribution in [0.25, 0.3) is 5.70 Å². The lowest BCUT2D eigenvalue weighted by Crippen LogP contribution is -2.08. The number of Topliss-reactive ketones (excluding diaryl/α,β-unsaturated/α-hetero) is 1. The van der Waals surface area contributed by atoms with E-state index in [4.69, 9.17) is 27.9 Å². The summed E-state index contributed by atoms with van der Waals surface area (Å²) in [5.41, 5.74) is 3.64. The van der Waals surface area contributed by atoms with Gasteiger partial charge in [-0.3, -0.25) is 19.7 Å². The lowest BCUT2D eigenvalue weighted by Gasteiger charge is -2.06. The number of allylic oxidation sites excluding steroid dienone is 2. The molecule has 3 rings (SSSR count). The molecule has 0 radical (unpaired) electrons. The first kappa shape index (κ1) is 41.0. The van der Waals surface area contributed by atoms with Gasteiger partial charge in [0.05, 0.1) is 21.5 Å². The quantitative estimate of drug-likeness (QED) is 0.153. The third-order valence-corrected chi connectivity index (χ3v) is 6.37. The summed E-state index contributed by atoms with van der Waals surface area (Å²) in [5.74, 6) is 1.42. The van der Waals surface area contributed by atoms with E-state index in [1.165, 1.54) is 23.3 Å². The van der Waals surface area contributed by atoms with Crippen molar-refractivity contribution in [1.82, 2.24) is 0 Å². The second-order valence-corrected chi connectivity index (χ2v) is 9.66. The molecule has 8 heteroatoms. The first-order valence-corrected chi connectivity index (χ1v) is 15.6. The number of aliphatic imine (C=N–C) groups is 2. The number of rotatable bonds is 11. The summed E-state index contributed by atoms with van der Waals surface area (Å²) in [6.45, 7) is 20.8. The van der Waals surface area contributed by atoms with E-state index in [0.717, 1.165) is 24.3 Å². The number of nitrogens with zero attached hydrogens (tertiary/aromatic N) is 2. The van der Waals surface area contributed by atoms with Gasteiger partial charge >= 0.3 is 0 Å². The highest BCUT2D eigenvalue weighted by molar-refractivity contribution is 6.40. The molecule has 3 aromatic rings. The van der Waals surface area contributed by atoms with Crippen LogP contribution in [0.15, 0.2) is 108 Å². The maximum Gasteiger partial charge on any atom is 0.208 e. The summed E-state index contributed by atoms with van der Waals surface area (Å²) in [4.78, 5) is 23.0. The number of aryl methyl sites for hydroxylation is 1. The van der Waals surface area contributed by atoms with Crippen LogP contribution in [-0.2, 0) is 11.2 Å². The van der Waals surface area contributed by atoms with Gasteiger partial charge in [0.2, 0.25) is 5.75 Å². The van der Waals surface area contributed by atoms with E-state index in [9.17, 15) is 9.32 Å². The molecule has 0 saturated heterocycles. The second kappa shape index (κ2) is 24.3. The SMILES string of the molecule is C=C(N=C(C)C(=O)CC)c1cc(Cl)c(OF)c(Cl)c1.C=C/C(=C\N=CC)CC.CC.CCc1ccc(Oc2ccccc2)cc1. The predicted molar refractivity (Wildman–Crippen MR) is 192 cm³/mol. The molecule has 0 spiro atoms. The topological polar surface area (TPSA) is 60.2 Å². The Hall–Kier alpha value is -4.00. The molecule has 0 saturated carbocycles. The van der Waals surface area contributed by atoms with Crippen molar-refractivity contribution < 1.29 is 19.0 Å². The zero-order chi connectivity index (χ0) is 34.2. The Morgan fingerprint density at radius 2 is 1.49 bits per heavy atom. The molecule has 0 aliphatic heterocycles. The van der Waals surface area contributed by atoms with Crippen LogP contribution < -0.4 is 9.68 Å². The molecule has 0 aliphatic carbocycles. The summed E-state index contributed by atoms with van der Waals surface area (Å²) in [6, 6.07) is 20.9. The van der Waals surface area contributed by atoms with Crippen molar-refractivity contribution in [3.05, 3.63) is 119 Å². The van der Waals surface area contributed by atoms with Crippen LogP contribution in [0, 0.1) is 0 Å². The van der Waals surface area contributed by atoms with Gasteiger partial charge in [0, 0.05) is 28.9 Å². The van der Waals surface area contributed by atoms with E-state index < -0.39 is 0 Å². The van der Waals surface area contributed by atoms with Crippen LogP contribution in [0.4, 0.5) is 4.53 Å². The minimum Gasteiger partial charge on any atom is -0.457 e. The molecular weight excluding hydrogens is 610 g/mol. The van der Waals surface area contributed by atoms with Gasteiger partial charge in [-0.15, -0.1) is 0 Å². The molecule has 0 bridgehead atoms. The average molecular weight is 656 g/mol. The second-order valence-electron chi connectivity index (χ2n) is 8.85. The van der Waals surface area contributed by atoms with Gasteiger partial charge in [-0.2, -0.15) is 0 Å². The lowest BCUT2D eigenvalue weighted by atomic mass is 10.1. The molecule has 5 nitrogen and oxygen atoms in total. The molecule has 0 atom stereocenters. The van der Waals surface area contributed by atoms with Gasteiger partial charge < -0.3 is 4.74 Å². The summed E-state index contributed by atoms with van der Waals surface area (Å²) in [5, 5.41) is 0.00152. The Morgan fingerprint density at radius 1 is 0.933 bits per heavy atom. The van der Waals surface area contributed by atoms with Gasteiger partial charge in [-0.05, 0) is 74.2 Å². The average Bonchev–Trinajstić information content (AvgIpc) is 3.07. The standard InChI is InChI=1S/C14H14O.C13H12Cl2FNO2.C8H13N.C2H6/c1-2-12-8-10-14(11-9-12)15-13-6-4-3-5-7-13;1-4-12(18)8(3)17-7(2)9-5-10(14)13(19-16)11(15)6-9;1-4-8(5-2)7-9-6-3;1-2/h3-11H,2H2,1H3;5-6H,2,4H2,1,3H3;4,6-7H,1,5H2,2-3H3;1-2H3/b;;8-7+,9-6?;. The van der Waals surface area contributed by atoms with E-state index in [-0.39, 0.29) is 21.6 Å². The number of hydrogen-bond acceptors (Lipinski definition) is 5. The third kappa shape index (κ3) is 16.0. The van der Waals surface area contributed by atoms with Gasteiger partial charge in [-0.25, -0.2) is 0 Å². The fraction of sp³-hybridized carbons (Fsp3) is 0.270. The Balaban J connectivity index is 0.000000664. The molecule has 3 aromatic carbocycles. The molecule has 242 valence electrons. The first-order valence-electron chi connectivity index (χ1n) is 14.8. The Morgan fingerprint density at radius 3 is 1.93 bits per heavy atom. The molecule has 0 aromatic heterocycles. The minimum atomic E-state index is -0.259. The van der Waals surface area contributed by atoms with Crippen molar-refractivity contribution in [3.63, 3.8) is 0 Å². The number of hydrogen-bond donors (Lipinski definition) is 0. The molecule has 0 heterocycles. The van der Waals surface area contributed by atoms with Crippen molar-refractivity contribution in [3.8, 4) is 17.2 Å². The van der Waals surface area contributed by atoms with Crippen LogP contribution in [0.3, 0.4) is 0 Å². The number of carbonyl (C=O) groups is 1. The molecule has 0 aliphatic rings. The normalized spacial score (nSPS) is 10.7. The van der Waals surface area contributed by atoms with E-state index in [2.05, 4.69) is 54.1 Å². The number of ketones is 1.